The number of nitrogens with zero attached hydrogens (tertiary/aromatic N) is 2. The maximum absolute atomic E-state index is 12.5. The fourth-order valence-electron chi connectivity index (χ4n) is 3.60. The van der Waals surface area contributed by atoms with Gasteiger partial charge in [0.1, 0.15) is 15.7 Å². The summed E-state index contributed by atoms with van der Waals surface area (Å²) in [6, 6.07) is 3.85. The zero-order chi connectivity index (χ0) is 17.7. The average Bonchev–Trinajstić information content (AvgIpc) is 3.21. The lowest BCUT2D eigenvalue weighted by Gasteiger charge is -2.18. The number of Topliss-reactive ketones (excluding diaryl/α,β-unsaturated/α-hetero) is 1. The maximum Gasteiger partial charge on any atom is 0.183 e. The lowest BCUT2D eigenvalue weighted by Crippen LogP contribution is -2.09. The number of thioether (sulfide) groups is 1. The van der Waals surface area contributed by atoms with Gasteiger partial charge in [-0.2, -0.15) is 0 Å². The van der Waals surface area contributed by atoms with E-state index in [1.807, 2.05) is 28.8 Å². The van der Waals surface area contributed by atoms with Crippen molar-refractivity contribution >= 4 is 50.4 Å². The predicted octanol–water partition coefficient (Wildman–Crippen LogP) is 5.73. The van der Waals surface area contributed by atoms with E-state index in [1.165, 1.54) is 46.4 Å². The molecule has 5 rings (SSSR count). The number of ketones is 1. The Morgan fingerprint density at radius 2 is 2.19 bits per heavy atom. The molecule has 2 aliphatic rings. The molecule has 2 aliphatic carbocycles. The van der Waals surface area contributed by atoms with Crippen molar-refractivity contribution in [3.8, 4) is 0 Å². The van der Waals surface area contributed by atoms with E-state index in [2.05, 4.69) is 6.92 Å². The highest BCUT2D eigenvalue weighted by Crippen LogP contribution is 2.44. The van der Waals surface area contributed by atoms with Crippen LogP contribution < -0.4 is 0 Å². The number of rotatable bonds is 5. The SMILES string of the molecule is CC1CCc2c(sc3nc(C4CC4)nc(SCC(=O)c4cccs4)c23)C1. The minimum atomic E-state index is 0.197. The van der Waals surface area contributed by atoms with Gasteiger partial charge in [0.15, 0.2) is 5.78 Å². The number of carbonyl (C=O) groups is 1. The van der Waals surface area contributed by atoms with E-state index in [1.54, 1.807) is 11.8 Å². The van der Waals surface area contributed by atoms with Gasteiger partial charge in [-0.25, -0.2) is 9.97 Å². The third-order valence-corrected chi connectivity index (χ3v) is 8.25. The summed E-state index contributed by atoms with van der Waals surface area (Å²) in [5.41, 5.74) is 1.46. The number of hydrogen-bond acceptors (Lipinski definition) is 6. The Morgan fingerprint density at radius 3 is 2.96 bits per heavy atom. The van der Waals surface area contributed by atoms with Crippen molar-refractivity contribution in [3.05, 3.63) is 38.7 Å². The largest absolute Gasteiger partial charge is 0.292 e. The lowest BCUT2D eigenvalue weighted by atomic mass is 9.89. The van der Waals surface area contributed by atoms with Crippen LogP contribution in [0.25, 0.3) is 10.2 Å². The molecule has 0 spiro atoms. The van der Waals surface area contributed by atoms with E-state index in [0.29, 0.717) is 11.7 Å². The summed E-state index contributed by atoms with van der Waals surface area (Å²) in [4.78, 5) is 25.8. The number of aromatic nitrogens is 2. The van der Waals surface area contributed by atoms with Crippen LogP contribution in [0.4, 0.5) is 0 Å². The van der Waals surface area contributed by atoms with Gasteiger partial charge >= 0.3 is 0 Å². The molecule has 1 fully saturated rings. The van der Waals surface area contributed by atoms with E-state index >= 15 is 0 Å². The zero-order valence-corrected chi connectivity index (χ0v) is 17.1. The quantitative estimate of drug-likeness (QED) is 0.312. The molecule has 134 valence electrons. The number of aryl methyl sites for hydroxylation is 1. The van der Waals surface area contributed by atoms with E-state index in [0.717, 1.165) is 39.3 Å². The Morgan fingerprint density at radius 1 is 1.31 bits per heavy atom. The Labute approximate surface area is 165 Å². The highest BCUT2D eigenvalue weighted by atomic mass is 32.2. The van der Waals surface area contributed by atoms with Crippen LogP contribution in [-0.4, -0.2) is 21.5 Å². The normalized spacial score (nSPS) is 19.7. The number of thiophene rings is 2. The molecule has 3 nitrogen and oxygen atoms in total. The molecule has 26 heavy (non-hydrogen) atoms. The first-order chi connectivity index (χ1) is 12.7. The van der Waals surface area contributed by atoms with Crippen LogP contribution in [0.3, 0.4) is 0 Å². The van der Waals surface area contributed by atoms with Crippen LogP contribution in [0.2, 0.25) is 0 Å². The standard InChI is InChI=1S/C20H20N2OS3/c1-11-4-7-13-16(9-11)26-20-17(13)19(21-18(22-20)12-5-6-12)25-10-14(23)15-3-2-8-24-15/h2-3,8,11-12H,4-7,9-10H2,1H3. The van der Waals surface area contributed by atoms with Crippen molar-refractivity contribution < 1.29 is 4.79 Å². The predicted molar refractivity (Wildman–Crippen MR) is 110 cm³/mol. The highest BCUT2D eigenvalue weighted by Gasteiger charge is 2.30. The van der Waals surface area contributed by atoms with Crippen molar-refractivity contribution in [1.29, 1.82) is 0 Å². The van der Waals surface area contributed by atoms with E-state index in [9.17, 15) is 4.79 Å². The van der Waals surface area contributed by atoms with Crippen LogP contribution >= 0.6 is 34.4 Å². The molecule has 1 atom stereocenters. The lowest BCUT2D eigenvalue weighted by molar-refractivity contribution is 0.102. The highest BCUT2D eigenvalue weighted by molar-refractivity contribution is 8.00. The molecule has 3 heterocycles. The van der Waals surface area contributed by atoms with Crippen LogP contribution in [0, 0.1) is 5.92 Å². The second-order valence-electron chi connectivity index (χ2n) is 7.38. The Hall–Kier alpha value is -1.24. The average molecular weight is 401 g/mol. The molecule has 0 bridgehead atoms. The van der Waals surface area contributed by atoms with E-state index < -0.39 is 0 Å². The second kappa shape index (κ2) is 6.73. The summed E-state index contributed by atoms with van der Waals surface area (Å²) in [6.07, 6.45) is 5.92. The number of carbonyl (C=O) groups excluding carboxylic acids is 1. The van der Waals surface area contributed by atoms with Gasteiger partial charge < -0.3 is 0 Å². The Kier molecular flexibility index (Phi) is 4.38. The topological polar surface area (TPSA) is 42.9 Å². The summed E-state index contributed by atoms with van der Waals surface area (Å²) in [7, 11) is 0. The third kappa shape index (κ3) is 3.12. The van der Waals surface area contributed by atoms with Gasteiger partial charge in [0.2, 0.25) is 0 Å². The minimum Gasteiger partial charge on any atom is -0.292 e. The molecule has 0 N–H and O–H groups in total. The van der Waals surface area contributed by atoms with Crippen LogP contribution in [-0.2, 0) is 12.8 Å². The van der Waals surface area contributed by atoms with Crippen LogP contribution in [0.5, 0.6) is 0 Å². The first-order valence-electron chi connectivity index (χ1n) is 9.20. The van der Waals surface area contributed by atoms with Gasteiger partial charge in [-0.3, -0.25) is 4.79 Å². The molecular weight excluding hydrogens is 380 g/mol. The molecule has 3 aromatic heterocycles. The molecule has 1 saturated carbocycles. The molecule has 1 unspecified atom stereocenters. The summed E-state index contributed by atoms with van der Waals surface area (Å²) in [5, 5.41) is 4.24. The van der Waals surface area contributed by atoms with Crippen LogP contribution in [0.1, 0.15) is 58.0 Å². The summed E-state index contributed by atoms with van der Waals surface area (Å²) < 4.78 is 0. The molecule has 0 saturated heterocycles. The smallest absolute Gasteiger partial charge is 0.183 e. The Balaban J connectivity index is 1.52. The summed E-state index contributed by atoms with van der Waals surface area (Å²) in [5.74, 6) is 2.93. The third-order valence-electron chi connectivity index (χ3n) is 5.22. The molecule has 0 aromatic carbocycles. The molecule has 0 aliphatic heterocycles. The Bertz CT molecular complexity index is 973. The van der Waals surface area contributed by atoms with Gasteiger partial charge in [-0.1, -0.05) is 24.8 Å². The monoisotopic (exact) mass is 400 g/mol. The maximum atomic E-state index is 12.5. The number of fused-ring (bicyclic) bond motifs is 3. The second-order valence-corrected chi connectivity index (χ2v) is 10.4. The molecular formula is C20H20N2OS3. The zero-order valence-electron chi connectivity index (χ0n) is 14.7. The van der Waals surface area contributed by atoms with E-state index in [4.69, 9.17) is 9.97 Å². The molecule has 0 amide bonds. The van der Waals surface area contributed by atoms with Crippen molar-refractivity contribution in [2.45, 2.75) is 50.0 Å². The first kappa shape index (κ1) is 16.9. The van der Waals surface area contributed by atoms with Gasteiger partial charge in [-0.05, 0) is 55.0 Å². The van der Waals surface area contributed by atoms with Gasteiger partial charge in [0.25, 0.3) is 0 Å². The minimum absolute atomic E-state index is 0.197. The van der Waals surface area contributed by atoms with Crippen molar-refractivity contribution in [2.75, 3.05) is 5.75 Å². The fourth-order valence-corrected chi connectivity index (χ4v) is 6.75. The summed E-state index contributed by atoms with van der Waals surface area (Å²) in [6.45, 7) is 2.34. The van der Waals surface area contributed by atoms with Gasteiger partial charge in [-0.15, -0.1) is 22.7 Å². The van der Waals surface area contributed by atoms with Crippen LogP contribution in [0.15, 0.2) is 22.5 Å². The molecule has 0 radical (unpaired) electrons. The van der Waals surface area contributed by atoms with Gasteiger partial charge in [0.05, 0.1) is 10.6 Å². The summed E-state index contributed by atoms with van der Waals surface area (Å²) >= 11 is 4.99. The van der Waals surface area contributed by atoms with E-state index in [-0.39, 0.29) is 5.78 Å². The molecule has 6 heteroatoms. The van der Waals surface area contributed by atoms with Gasteiger partial charge in [0, 0.05) is 16.2 Å². The van der Waals surface area contributed by atoms with Crippen molar-refractivity contribution in [2.24, 2.45) is 5.92 Å². The molecule has 3 aromatic rings. The number of hydrogen-bond donors (Lipinski definition) is 0. The fraction of sp³-hybridized carbons (Fsp3) is 0.450. The van der Waals surface area contributed by atoms with Crippen molar-refractivity contribution in [1.82, 2.24) is 9.97 Å². The van der Waals surface area contributed by atoms with Crippen molar-refractivity contribution in [3.63, 3.8) is 0 Å². The first-order valence-corrected chi connectivity index (χ1v) is 11.9.